The van der Waals surface area contributed by atoms with Gasteiger partial charge in [0.05, 0.1) is 0 Å². The molecule has 94 valence electrons. The lowest BCUT2D eigenvalue weighted by molar-refractivity contribution is -0.183. The third-order valence-corrected chi connectivity index (χ3v) is 3.45. The second kappa shape index (κ2) is 3.91. The van der Waals surface area contributed by atoms with Crippen molar-refractivity contribution in [1.29, 1.82) is 0 Å². The fourth-order valence-electron chi connectivity index (χ4n) is 2.35. The Morgan fingerprint density at radius 1 is 1.41 bits per heavy atom. The number of benzene rings is 1. The standard InChI is InChI=1S/C12H15F3N2/c1-2-11(12(13,14)15)7-9(16)8-5-3-4-6-10(8)17-11/h3-6,9,17H,2,7,16H2,1H3/t9-,11+/m0/s1. The van der Waals surface area contributed by atoms with Crippen LogP contribution in [0.25, 0.3) is 0 Å². The number of anilines is 1. The summed E-state index contributed by atoms with van der Waals surface area (Å²) in [6.45, 7) is 1.53. The summed E-state index contributed by atoms with van der Waals surface area (Å²) in [7, 11) is 0. The van der Waals surface area contributed by atoms with Gasteiger partial charge >= 0.3 is 6.18 Å². The molecule has 0 aliphatic carbocycles. The minimum atomic E-state index is -4.30. The van der Waals surface area contributed by atoms with E-state index in [0.717, 1.165) is 5.56 Å². The van der Waals surface area contributed by atoms with Crippen LogP contribution in [-0.4, -0.2) is 11.7 Å². The van der Waals surface area contributed by atoms with Gasteiger partial charge in [-0.2, -0.15) is 13.2 Å². The van der Waals surface area contributed by atoms with Gasteiger partial charge in [0.15, 0.2) is 0 Å². The molecule has 0 fully saturated rings. The van der Waals surface area contributed by atoms with Crippen LogP contribution in [0.1, 0.15) is 31.4 Å². The van der Waals surface area contributed by atoms with E-state index in [-0.39, 0.29) is 12.8 Å². The van der Waals surface area contributed by atoms with Crippen molar-refractivity contribution < 1.29 is 13.2 Å². The molecule has 0 bridgehead atoms. The molecule has 2 atom stereocenters. The molecule has 2 rings (SSSR count). The maximum absolute atomic E-state index is 13.1. The van der Waals surface area contributed by atoms with Crippen LogP contribution >= 0.6 is 0 Å². The molecule has 1 aromatic rings. The first kappa shape index (κ1) is 12.2. The van der Waals surface area contributed by atoms with Gasteiger partial charge in [-0.1, -0.05) is 25.1 Å². The van der Waals surface area contributed by atoms with Crippen LogP contribution in [0.15, 0.2) is 24.3 Å². The fraction of sp³-hybridized carbons (Fsp3) is 0.500. The Balaban J connectivity index is 2.45. The topological polar surface area (TPSA) is 38.0 Å². The number of nitrogens with two attached hydrogens (primary N) is 1. The Kier molecular flexibility index (Phi) is 2.81. The predicted octanol–water partition coefficient (Wildman–Crippen LogP) is 3.21. The number of halogens is 3. The van der Waals surface area contributed by atoms with Gasteiger partial charge in [-0.05, 0) is 24.5 Å². The van der Waals surface area contributed by atoms with Gasteiger partial charge < -0.3 is 11.1 Å². The van der Waals surface area contributed by atoms with Crippen LogP contribution in [-0.2, 0) is 0 Å². The van der Waals surface area contributed by atoms with Gasteiger partial charge in [0.2, 0.25) is 0 Å². The lowest BCUT2D eigenvalue weighted by atomic mass is 9.81. The second-order valence-electron chi connectivity index (χ2n) is 4.46. The van der Waals surface area contributed by atoms with E-state index in [1.807, 2.05) is 0 Å². The fourth-order valence-corrected chi connectivity index (χ4v) is 2.35. The van der Waals surface area contributed by atoms with Gasteiger partial charge in [-0.15, -0.1) is 0 Å². The van der Waals surface area contributed by atoms with Gasteiger partial charge in [0, 0.05) is 11.7 Å². The minimum Gasteiger partial charge on any atom is -0.371 e. The van der Waals surface area contributed by atoms with Gasteiger partial charge in [0.1, 0.15) is 5.54 Å². The van der Waals surface area contributed by atoms with Crippen LogP contribution in [0.4, 0.5) is 18.9 Å². The number of rotatable bonds is 1. The number of para-hydroxylation sites is 1. The third-order valence-electron chi connectivity index (χ3n) is 3.45. The molecule has 3 N–H and O–H groups in total. The number of alkyl halides is 3. The Hall–Kier alpha value is -1.23. The highest BCUT2D eigenvalue weighted by Gasteiger charge is 2.56. The molecule has 1 aromatic carbocycles. The first-order valence-electron chi connectivity index (χ1n) is 5.59. The first-order chi connectivity index (χ1) is 7.89. The van der Waals surface area contributed by atoms with Crippen molar-refractivity contribution in [1.82, 2.24) is 0 Å². The Bertz CT molecular complexity index is 416. The largest absolute Gasteiger partial charge is 0.411 e. The van der Waals surface area contributed by atoms with E-state index < -0.39 is 17.8 Å². The molecular weight excluding hydrogens is 229 g/mol. The highest BCUT2D eigenvalue weighted by atomic mass is 19.4. The van der Waals surface area contributed by atoms with Crippen LogP contribution < -0.4 is 11.1 Å². The quantitative estimate of drug-likeness (QED) is 0.796. The molecule has 17 heavy (non-hydrogen) atoms. The van der Waals surface area contributed by atoms with Crippen LogP contribution in [0.2, 0.25) is 0 Å². The normalized spacial score (nSPS) is 28.4. The van der Waals surface area contributed by atoms with Gasteiger partial charge in [-0.25, -0.2) is 0 Å². The summed E-state index contributed by atoms with van der Waals surface area (Å²) in [5.41, 5.74) is 5.19. The maximum Gasteiger partial charge on any atom is 0.411 e. The summed E-state index contributed by atoms with van der Waals surface area (Å²) in [6.07, 6.45) is -4.45. The number of hydrogen-bond donors (Lipinski definition) is 2. The molecule has 1 aliphatic heterocycles. The molecule has 0 unspecified atom stereocenters. The van der Waals surface area contributed by atoms with Crippen molar-refractivity contribution >= 4 is 5.69 Å². The average molecular weight is 244 g/mol. The van der Waals surface area contributed by atoms with Crippen LogP contribution in [0.5, 0.6) is 0 Å². The summed E-state index contributed by atoms with van der Waals surface area (Å²) in [5.74, 6) is 0. The molecule has 1 aliphatic rings. The molecular formula is C12H15F3N2. The van der Waals surface area contributed by atoms with Crippen molar-refractivity contribution in [3.05, 3.63) is 29.8 Å². The average Bonchev–Trinajstić information content (AvgIpc) is 2.27. The predicted molar refractivity (Wildman–Crippen MR) is 60.7 cm³/mol. The van der Waals surface area contributed by atoms with Crippen molar-refractivity contribution in [2.45, 2.75) is 37.5 Å². The minimum absolute atomic E-state index is 0.0292. The monoisotopic (exact) mass is 244 g/mol. The van der Waals surface area contributed by atoms with Crippen molar-refractivity contribution in [3.8, 4) is 0 Å². The summed E-state index contributed by atoms with van der Waals surface area (Å²) in [6, 6.07) is 6.33. The van der Waals surface area contributed by atoms with Gasteiger partial charge in [0.25, 0.3) is 0 Å². The van der Waals surface area contributed by atoms with Crippen LogP contribution in [0, 0.1) is 0 Å². The highest BCUT2D eigenvalue weighted by Crippen LogP contribution is 2.46. The van der Waals surface area contributed by atoms with Crippen molar-refractivity contribution in [2.24, 2.45) is 5.73 Å². The summed E-state index contributed by atoms with van der Waals surface area (Å²) in [4.78, 5) is 0. The second-order valence-corrected chi connectivity index (χ2v) is 4.46. The highest BCUT2D eigenvalue weighted by molar-refractivity contribution is 5.57. The summed E-state index contributed by atoms with van der Waals surface area (Å²) < 4.78 is 39.4. The van der Waals surface area contributed by atoms with E-state index in [1.165, 1.54) is 6.92 Å². The molecule has 0 saturated carbocycles. The van der Waals surface area contributed by atoms with Crippen LogP contribution in [0.3, 0.4) is 0 Å². The molecule has 0 spiro atoms. The van der Waals surface area contributed by atoms with E-state index in [1.54, 1.807) is 24.3 Å². The Morgan fingerprint density at radius 2 is 2.06 bits per heavy atom. The molecule has 1 heterocycles. The lowest BCUT2D eigenvalue weighted by Gasteiger charge is -2.43. The Labute approximate surface area is 98.0 Å². The molecule has 0 radical (unpaired) electrons. The summed E-state index contributed by atoms with van der Waals surface area (Å²) >= 11 is 0. The molecule has 2 nitrogen and oxygen atoms in total. The van der Waals surface area contributed by atoms with E-state index in [0.29, 0.717) is 5.69 Å². The third kappa shape index (κ3) is 1.88. The lowest BCUT2D eigenvalue weighted by Crippen LogP contribution is -2.55. The van der Waals surface area contributed by atoms with E-state index >= 15 is 0 Å². The van der Waals surface area contributed by atoms with Crippen molar-refractivity contribution in [3.63, 3.8) is 0 Å². The SMILES string of the molecule is CC[C@]1(C(F)(F)F)C[C@H](N)c2ccccc2N1. The molecule has 0 amide bonds. The number of fused-ring (bicyclic) bond motifs is 1. The first-order valence-corrected chi connectivity index (χ1v) is 5.59. The molecule has 0 aromatic heterocycles. The Morgan fingerprint density at radius 3 is 2.65 bits per heavy atom. The molecule has 0 saturated heterocycles. The summed E-state index contributed by atoms with van der Waals surface area (Å²) in [5, 5.41) is 2.63. The number of nitrogens with one attached hydrogen (secondary N) is 1. The zero-order valence-corrected chi connectivity index (χ0v) is 9.51. The number of hydrogen-bond acceptors (Lipinski definition) is 2. The smallest absolute Gasteiger partial charge is 0.371 e. The van der Waals surface area contributed by atoms with Gasteiger partial charge in [-0.3, -0.25) is 0 Å². The van der Waals surface area contributed by atoms with E-state index in [2.05, 4.69) is 5.32 Å². The maximum atomic E-state index is 13.1. The van der Waals surface area contributed by atoms with E-state index in [9.17, 15) is 13.2 Å². The van der Waals surface area contributed by atoms with E-state index in [4.69, 9.17) is 5.73 Å². The zero-order valence-electron chi connectivity index (χ0n) is 9.51. The zero-order chi connectivity index (χ0) is 12.7. The van der Waals surface area contributed by atoms with Crippen molar-refractivity contribution in [2.75, 3.05) is 5.32 Å². The molecule has 5 heteroatoms.